The number of hydrogen-bond acceptors (Lipinski definition) is 6. The third-order valence-corrected chi connectivity index (χ3v) is 4.16. The molecule has 0 saturated carbocycles. The Bertz CT molecular complexity index is 750. The minimum absolute atomic E-state index is 0.114. The summed E-state index contributed by atoms with van der Waals surface area (Å²) < 4.78 is 0. The molecule has 1 saturated heterocycles. The molecule has 0 aromatic carbocycles. The molecular formula is C17H21N5O2. The maximum absolute atomic E-state index is 11.9. The van der Waals surface area contributed by atoms with E-state index in [0.29, 0.717) is 18.2 Å². The van der Waals surface area contributed by atoms with Gasteiger partial charge in [-0.2, -0.15) is 0 Å². The first-order chi connectivity index (χ1) is 11.6. The van der Waals surface area contributed by atoms with Crippen molar-refractivity contribution in [3.8, 4) is 0 Å². The molecule has 2 N–H and O–H groups in total. The largest absolute Gasteiger partial charge is 0.387 e. The number of amides is 1. The molecule has 0 spiro atoms. The van der Waals surface area contributed by atoms with Gasteiger partial charge in [-0.25, -0.2) is 15.0 Å². The van der Waals surface area contributed by atoms with Gasteiger partial charge in [-0.3, -0.25) is 4.79 Å². The number of nitrogens with one attached hydrogen (secondary N) is 1. The summed E-state index contributed by atoms with van der Waals surface area (Å²) in [5, 5.41) is 12.4. The lowest BCUT2D eigenvalue weighted by molar-refractivity contribution is -0.135. The van der Waals surface area contributed by atoms with Crippen LogP contribution in [0.25, 0.3) is 0 Å². The van der Waals surface area contributed by atoms with Gasteiger partial charge in [0.2, 0.25) is 5.91 Å². The monoisotopic (exact) mass is 327 g/mol. The van der Waals surface area contributed by atoms with Crippen molar-refractivity contribution in [1.29, 1.82) is 0 Å². The second-order valence-corrected chi connectivity index (χ2v) is 5.92. The van der Waals surface area contributed by atoms with Crippen molar-refractivity contribution < 1.29 is 9.90 Å². The number of rotatable bonds is 4. The van der Waals surface area contributed by atoms with Crippen LogP contribution in [0.4, 0.5) is 11.6 Å². The smallest absolute Gasteiger partial charge is 0.248 e. The Hall–Kier alpha value is -2.54. The first kappa shape index (κ1) is 16.3. The molecular weight excluding hydrogens is 306 g/mol. The van der Waals surface area contributed by atoms with Gasteiger partial charge in [0.05, 0.1) is 11.7 Å². The number of pyridine rings is 1. The lowest BCUT2D eigenvalue weighted by Gasteiger charge is -2.24. The molecule has 1 atom stereocenters. The zero-order valence-electron chi connectivity index (χ0n) is 13.9. The van der Waals surface area contributed by atoms with E-state index in [1.807, 2.05) is 32.0 Å². The average Bonchev–Trinajstić information content (AvgIpc) is 3.05. The van der Waals surface area contributed by atoms with Crippen molar-refractivity contribution in [3.05, 3.63) is 41.5 Å². The maximum atomic E-state index is 11.9. The SMILES string of the molecule is Cc1nc(Nc2ncccc2C)cc(C2CCCN2C(=O)CO)n1. The van der Waals surface area contributed by atoms with Gasteiger partial charge in [-0.1, -0.05) is 6.07 Å². The van der Waals surface area contributed by atoms with Crippen molar-refractivity contribution in [1.82, 2.24) is 19.9 Å². The topological polar surface area (TPSA) is 91.2 Å². The van der Waals surface area contributed by atoms with E-state index >= 15 is 0 Å². The third kappa shape index (κ3) is 3.35. The molecule has 24 heavy (non-hydrogen) atoms. The van der Waals surface area contributed by atoms with Gasteiger partial charge in [0.15, 0.2) is 0 Å². The molecule has 1 fully saturated rings. The molecule has 0 radical (unpaired) electrons. The van der Waals surface area contributed by atoms with Gasteiger partial charge in [-0.15, -0.1) is 0 Å². The summed E-state index contributed by atoms with van der Waals surface area (Å²) in [5.41, 5.74) is 1.81. The van der Waals surface area contributed by atoms with E-state index in [-0.39, 0.29) is 11.9 Å². The van der Waals surface area contributed by atoms with Crippen LogP contribution >= 0.6 is 0 Å². The molecule has 2 aromatic heterocycles. The van der Waals surface area contributed by atoms with Crippen LogP contribution in [-0.4, -0.2) is 44.0 Å². The molecule has 1 amide bonds. The molecule has 2 aromatic rings. The van der Waals surface area contributed by atoms with Crippen LogP contribution in [0.2, 0.25) is 0 Å². The number of carbonyl (C=O) groups is 1. The second kappa shape index (κ2) is 6.92. The first-order valence-electron chi connectivity index (χ1n) is 8.03. The predicted molar refractivity (Wildman–Crippen MR) is 89.8 cm³/mol. The molecule has 1 aliphatic heterocycles. The Balaban J connectivity index is 1.89. The van der Waals surface area contributed by atoms with Crippen LogP contribution in [0.1, 0.15) is 36.0 Å². The number of aryl methyl sites for hydroxylation is 2. The third-order valence-electron chi connectivity index (χ3n) is 4.16. The lowest BCUT2D eigenvalue weighted by Crippen LogP contribution is -2.33. The number of aliphatic hydroxyl groups is 1. The maximum Gasteiger partial charge on any atom is 0.248 e. The van der Waals surface area contributed by atoms with E-state index in [1.165, 1.54) is 0 Å². The highest BCUT2D eigenvalue weighted by atomic mass is 16.3. The number of hydrogen-bond donors (Lipinski definition) is 2. The van der Waals surface area contributed by atoms with E-state index in [0.717, 1.165) is 29.9 Å². The predicted octanol–water partition coefficient (Wildman–Crippen LogP) is 1.89. The fraction of sp³-hybridized carbons (Fsp3) is 0.412. The molecule has 1 aliphatic rings. The van der Waals surface area contributed by atoms with E-state index in [9.17, 15) is 4.79 Å². The molecule has 0 bridgehead atoms. The van der Waals surface area contributed by atoms with Crippen LogP contribution in [-0.2, 0) is 4.79 Å². The van der Waals surface area contributed by atoms with E-state index in [4.69, 9.17) is 5.11 Å². The van der Waals surface area contributed by atoms with Crippen LogP contribution in [0, 0.1) is 13.8 Å². The minimum atomic E-state index is -0.473. The summed E-state index contributed by atoms with van der Waals surface area (Å²) in [6.45, 7) is 3.98. The Morgan fingerprint density at radius 1 is 1.42 bits per heavy atom. The summed E-state index contributed by atoms with van der Waals surface area (Å²) in [6.07, 6.45) is 3.47. The average molecular weight is 327 g/mol. The number of nitrogens with zero attached hydrogens (tertiary/aromatic N) is 4. The lowest BCUT2D eigenvalue weighted by atomic mass is 10.1. The summed E-state index contributed by atoms with van der Waals surface area (Å²) in [6, 6.07) is 5.60. The standard InChI is InChI=1S/C17H21N5O2/c1-11-5-3-7-18-17(11)21-15-9-13(19-12(2)20-15)14-6-4-8-22(14)16(24)10-23/h3,5,7,9,14,23H,4,6,8,10H2,1-2H3,(H,18,19,20,21). The molecule has 1 unspecified atom stereocenters. The van der Waals surface area contributed by atoms with Crippen LogP contribution in [0.5, 0.6) is 0 Å². The molecule has 3 heterocycles. The van der Waals surface area contributed by atoms with Gasteiger partial charge >= 0.3 is 0 Å². The molecule has 0 aliphatic carbocycles. The van der Waals surface area contributed by atoms with E-state index in [1.54, 1.807) is 11.1 Å². The van der Waals surface area contributed by atoms with Crippen LogP contribution in [0.3, 0.4) is 0 Å². The van der Waals surface area contributed by atoms with Gasteiger partial charge < -0.3 is 15.3 Å². The van der Waals surface area contributed by atoms with Crippen molar-refractivity contribution in [3.63, 3.8) is 0 Å². The summed E-state index contributed by atoms with van der Waals surface area (Å²) in [7, 11) is 0. The first-order valence-corrected chi connectivity index (χ1v) is 8.03. The number of anilines is 2. The molecule has 126 valence electrons. The van der Waals surface area contributed by atoms with Crippen molar-refractivity contribution in [2.24, 2.45) is 0 Å². The van der Waals surface area contributed by atoms with Gasteiger partial charge in [0, 0.05) is 18.8 Å². The van der Waals surface area contributed by atoms with Gasteiger partial charge in [0.25, 0.3) is 0 Å². The summed E-state index contributed by atoms with van der Waals surface area (Å²) in [4.78, 5) is 26.8. The summed E-state index contributed by atoms with van der Waals surface area (Å²) >= 11 is 0. The molecule has 7 heteroatoms. The van der Waals surface area contributed by atoms with Crippen LogP contribution < -0.4 is 5.32 Å². The fourth-order valence-corrected chi connectivity index (χ4v) is 3.03. The quantitative estimate of drug-likeness (QED) is 0.891. The highest BCUT2D eigenvalue weighted by molar-refractivity contribution is 5.78. The number of aromatic nitrogens is 3. The van der Waals surface area contributed by atoms with Crippen molar-refractivity contribution in [2.45, 2.75) is 32.7 Å². The zero-order valence-corrected chi connectivity index (χ0v) is 13.9. The fourth-order valence-electron chi connectivity index (χ4n) is 3.03. The van der Waals surface area contributed by atoms with Crippen LogP contribution in [0.15, 0.2) is 24.4 Å². The minimum Gasteiger partial charge on any atom is -0.387 e. The number of aliphatic hydroxyl groups excluding tert-OH is 1. The Morgan fingerprint density at radius 2 is 2.25 bits per heavy atom. The summed E-state index contributed by atoms with van der Waals surface area (Å²) in [5.74, 6) is 1.77. The van der Waals surface area contributed by atoms with E-state index in [2.05, 4.69) is 20.3 Å². The zero-order chi connectivity index (χ0) is 17.1. The molecule has 7 nitrogen and oxygen atoms in total. The highest BCUT2D eigenvalue weighted by Crippen LogP contribution is 2.32. The van der Waals surface area contributed by atoms with Crippen molar-refractivity contribution >= 4 is 17.5 Å². The van der Waals surface area contributed by atoms with Gasteiger partial charge in [-0.05, 0) is 38.3 Å². The second-order valence-electron chi connectivity index (χ2n) is 5.92. The Morgan fingerprint density at radius 3 is 3.00 bits per heavy atom. The normalized spacial score (nSPS) is 17.1. The Labute approximate surface area is 140 Å². The van der Waals surface area contributed by atoms with Gasteiger partial charge in [0.1, 0.15) is 24.1 Å². The Kier molecular flexibility index (Phi) is 4.71. The number of carbonyl (C=O) groups excluding carboxylic acids is 1. The molecule has 3 rings (SSSR count). The number of likely N-dealkylation sites (tertiary alicyclic amines) is 1. The van der Waals surface area contributed by atoms with Crippen molar-refractivity contribution in [2.75, 3.05) is 18.5 Å². The van der Waals surface area contributed by atoms with E-state index < -0.39 is 6.61 Å². The highest BCUT2D eigenvalue weighted by Gasteiger charge is 2.30.